The Morgan fingerprint density at radius 2 is 1.68 bits per heavy atom. The number of anilines is 1. The van der Waals surface area contributed by atoms with Crippen LogP contribution in [0.5, 0.6) is 0 Å². The van der Waals surface area contributed by atoms with Crippen molar-refractivity contribution in [1.82, 2.24) is 9.78 Å². The van der Waals surface area contributed by atoms with E-state index in [1.807, 2.05) is 54.7 Å². The SMILES string of the molecule is O=C1CC(c2ccccc2)c2cnn(-c3ccccc3)c2N1. The highest BCUT2D eigenvalue weighted by molar-refractivity contribution is 5.94. The van der Waals surface area contributed by atoms with Crippen molar-refractivity contribution in [3.63, 3.8) is 0 Å². The maximum atomic E-state index is 12.1. The number of carbonyl (C=O) groups is 1. The number of hydrogen-bond donors (Lipinski definition) is 1. The molecule has 4 rings (SSSR count). The zero-order valence-electron chi connectivity index (χ0n) is 11.9. The van der Waals surface area contributed by atoms with E-state index in [2.05, 4.69) is 22.5 Å². The summed E-state index contributed by atoms with van der Waals surface area (Å²) in [5.74, 6) is 0.859. The predicted octanol–water partition coefficient (Wildman–Crippen LogP) is 3.35. The zero-order valence-corrected chi connectivity index (χ0v) is 11.9. The molecule has 1 atom stereocenters. The number of fused-ring (bicyclic) bond motifs is 1. The number of nitrogens with zero attached hydrogens (tertiary/aromatic N) is 2. The summed E-state index contributed by atoms with van der Waals surface area (Å²) in [7, 11) is 0. The molecule has 22 heavy (non-hydrogen) atoms. The smallest absolute Gasteiger partial charge is 0.226 e. The first-order valence-corrected chi connectivity index (χ1v) is 7.31. The molecule has 1 amide bonds. The average Bonchev–Trinajstić information content (AvgIpc) is 2.99. The number of amides is 1. The van der Waals surface area contributed by atoms with Crippen LogP contribution < -0.4 is 5.32 Å². The van der Waals surface area contributed by atoms with Crippen LogP contribution in [0.3, 0.4) is 0 Å². The van der Waals surface area contributed by atoms with Gasteiger partial charge in [-0.15, -0.1) is 0 Å². The summed E-state index contributed by atoms with van der Waals surface area (Å²) in [6.45, 7) is 0. The molecule has 1 aromatic heterocycles. The van der Waals surface area contributed by atoms with Crippen molar-refractivity contribution in [2.24, 2.45) is 0 Å². The number of rotatable bonds is 2. The summed E-state index contributed by atoms with van der Waals surface area (Å²) in [6, 6.07) is 20.0. The van der Waals surface area contributed by atoms with Crippen molar-refractivity contribution in [3.8, 4) is 5.69 Å². The third-order valence-corrected chi connectivity index (χ3v) is 4.02. The van der Waals surface area contributed by atoms with Crippen LogP contribution in [0.25, 0.3) is 5.69 Å². The Bertz CT molecular complexity index is 809. The Morgan fingerprint density at radius 3 is 2.41 bits per heavy atom. The molecule has 0 radical (unpaired) electrons. The van der Waals surface area contributed by atoms with E-state index in [1.165, 1.54) is 0 Å². The van der Waals surface area contributed by atoms with Gasteiger partial charge >= 0.3 is 0 Å². The van der Waals surface area contributed by atoms with E-state index in [-0.39, 0.29) is 11.8 Å². The van der Waals surface area contributed by atoms with Gasteiger partial charge in [-0.1, -0.05) is 48.5 Å². The van der Waals surface area contributed by atoms with Gasteiger partial charge in [-0.3, -0.25) is 4.79 Å². The average molecular weight is 289 g/mol. The van der Waals surface area contributed by atoms with Crippen LogP contribution in [0.15, 0.2) is 66.9 Å². The molecule has 0 fully saturated rings. The number of para-hydroxylation sites is 1. The van der Waals surface area contributed by atoms with Gasteiger partial charge in [0, 0.05) is 17.9 Å². The Kier molecular flexibility index (Phi) is 3.00. The minimum atomic E-state index is 0.0269. The predicted molar refractivity (Wildman–Crippen MR) is 85.1 cm³/mol. The lowest BCUT2D eigenvalue weighted by Gasteiger charge is -2.23. The Morgan fingerprint density at radius 1 is 1.00 bits per heavy atom. The highest BCUT2D eigenvalue weighted by Gasteiger charge is 2.30. The number of carbonyl (C=O) groups excluding carboxylic acids is 1. The van der Waals surface area contributed by atoms with Crippen molar-refractivity contribution in [3.05, 3.63) is 78.0 Å². The second-order valence-corrected chi connectivity index (χ2v) is 5.41. The lowest BCUT2D eigenvalue weighted by molar-refractivity contribution is -0.116. The topological polar surface area (TPSA) is 46.9 Å². The van der Waals surface area contributed by atoms with Crippen LogP contribution in [0.1, 0.15) is 23.5 Å². The standard InChI is InChI=1S/C18H15N3O/c22-17-11-15(13-7-3-1-4-8-13)16-12-19-21(18(16)20-17)14-9-5-2-6-10-14/h1-10,12,15H,11H2,(H,20,22). The molecule has 1 N–H and O–H groups in total. The van der Waals surface area contributed by atoms with Gasteiger partial charge in [-0.25, -0.2) is 4.68 Å². The van der Waals surface area contributed by atoms with Gasteiger partial charge < -0.3 is 5.32 Å². The molecular weight excluding hydrogens is 274 g/mol. The molecule has 0 spiro atoms. The van der Waals surface area contributed by atoms with E-state index < -0.39 is 0 Å². The summed E-state index contributed by atoms with van der Waals surface area (Å²) >= 11 is 0. The van der Waals surface area contributed by atoms with Crippen molar-refractivity contribution in [2.45, 2.75) is 12.3 Å². The molecule has 1 aliphatic heterocycles. The maximum Gasteiger partial charge on any atom is 0.226 e. The van der Waals surface area contributed by atoms with E-state index in [4.69, 9.17) is 0 Å². The van der Waals surface area contributed by atoms with Crippen molar-refractivity contribution in [2.75, 3.05) is 5.32 Å². The fourth-order valence-electron chi connectivity index (χ4n) is 2.97. The van der Waals surface area contributed by atoms with Crippen molar-refractivity contribution < 1.29 is 4.79 Å². The van der Waals surface area contributed by atoms with Crippen LogP contribution in [0, 0.1) is 0 Å². The molecule has 2 heterocycles. The highest BCUT2D eigenvalue weighted by Crippen LogP contribution is 2.37. The molecule has 1 aliphatic rings. The lowest BCUT2D eigenvalue weighted by atomic mass is 9.87. The molecule has 0 saturated carbocycles. The van der Waals surface area contributed by atoms with Crippen LogP contribution in [-0.4, -0.2) is 15.7 Å². The summed E-state index contributed by atoms with van der Waals surface area (Å²) in [5, 5.41) is 7.45. The molecule has 0 aliphatic carbocycles. The minimum Gasteiger partial charge on any atom is -0.310 e. The van der Waals surface area contributed by atoms with Gasteiger partial charge in [0.1, 0.15) is 5.82 Å². The normalized spacial score (nSPS) is 16.9. The van der Waals surface area contributed by atoms with E-state index >= 15 is 0 Å². The lowest BCUT2D eigenvalue weighted by Crippen LogP contribution is -2.24. The van der Waals surface area contributed by atoms with Crippen LogP contribution >= 0.6 is 0 Å². The Hall–Kier alpha value is -2.88. The fourth-order valence-corrected chi connectivity index (χ4v) is 2.97. The van der Waals surface area contributed by atoms with Gasteiger partial charge in [0.2, 0.25) is 5.91 Å². The van der Waals surface area contributed by atoms with E-state index in [0.717, 1.165) is 22.6 Å². The molecule has 0 bridgehead atoms. The van der Waals surface area contributed by atoms with Crippen LogP contribution in [-0.2, 0) is 4.79 Å². The van der Waals surface area contributed by atoms with Crippen LogP contribution in [0.4, 0.5) is 5.82 Å². The first-order chi connectivity index (χ1) is 10.8. The minimum absolute atomic E-state index is 0.0269. The molecule has 3 aromatic rings. The molecule has 0 saturated heterocycles. The third kappa shape index (κ3) is 2.09. The number of hydrogen-bond acceptors (Lipinski definition) is 2. The molecule has 2 aromatic carbocycles. The van der Waals surface area contributed by atoms with Gasteiger partial charge in [0.05, 0.1) is 11.9 Å². The first-order valence-electron chi connectivity index (χ1n) is 7.31. The molecule has 1 unspecified atom stereocenters. The first kappa shape index (κ1) is 12.8. The summed E-state index contributed by atoms with van der Waals surface area (Å²) in [4.78, 5) is 12.1. The zero-order chi connectivity index (χ0) is 14.9. The second kappa shape index (κ2) is 5.15. The Balaban J connectivity index is 1.83. The Labute approximate surface area is 128 Å². The van der Waals surface area contributed by atoms with Gasteiger partial charge in [0.25, 0.3) is 0 Å². The van der Waals surface area contributed by atoms with Crippen molar-refractivity contribution >= 4 is 11.7 Å². The quantitative estimate of drug-likeness (QED) is 0.786. The maximum absolute atomic E-state index is 12.1. The third-order valence-electron chi connectivity index (χ3n) is 4.02. The van der Waals surface area contributed by atoms with E-state index in [0.29, 0.717) is 6.42 Å². The van der Waals surface area contributed by atoms with Crippen molar-refractivity contribution in [1.29, 1.82) is 0 Å². The second-order valence-electron chi connectivity index (χ2n) is 5.41. The molecular formula is C18H15N3O. The summed E-state index contributed by atoms with van der Waals surface area (Å²) < 4.78 is 1.79. The molecule has 4 heteroatoms. The summed E-state index contributed by atoms with van der Waals surface area (Å²) in [6.07, 6.45) is 2.32. The fraction of sp³-hybridized carbons (Fsp3) is 0.111. The largest absolute Gasteiger partial charge is 0.310 e. The molecule has 108 valence electrons. The number of benzene rings is 2. The number of aromatic nitrogens is 2. The van der Waals surface area contributed by atoms with Crippen LogP contribution in [0.2, 0.25) is 0 Å². The van der Waals surface area contributed by atoms with Gasteiger partial charge in [-0.2, -0.15) is 5.10 Å². The van der Waals surface area contributed by atoms with Gasteiger partial charge in [0.15, 0.2) is 0 Å². The van der Waals surface area contributed by atoms with E-state index in [9.17, 15) is 4.79 Å². The highest BCUT2D eigenvalue weighted by atomic mass is 16.1. The van der Waals surface area contributed by atoms with E-state index in [1.54, 1.807) is 4.68 Å². The van der Waals surface area contributed by atoms with Gasteiger partial charge in [-0.05, 0) is 17.7 Å². The monoisotopic (exact) mass is 289 g/mol. The number of nitrogens with one attached hydrogen (secondary N) is 1. The molecule has 4 nitrogen and oxygen atoms in total. The summed E-state index contributed by atoms with van der Waals surface area (Å²) in [5.41, 5.74) is 3.15.